The Kier molecular flexibility index (Phi) is 4.42. The number of benzene rings is 3. The molecular formula is C22H17NO2S. The van der Waals surface area contributed by atoms with Gasteiger partial charge in [0.25, 0.3) is 0 Å². The monoisotopic (exact) mass is 359 g/mol. The average Bonchev–Trinajstić information content (AvgIpc) is 3.18. The lowest BCUT2D eigenvalue weighted by Gasteiger charge is -2.25. The van der Waals surface area contributed by atoms with Gasteiger partial charge in [-0.2, -0.15) is 0 Å². The van der Waals surface area contributed by atoms with Crippen LogP contribution in [0.1, 0.15) is 9.67 Å². The van der Waals surface area contributed by atoms with E-state index in [9.17, 15) is 4.79 Å². The molecule has 0 saturated heterocycles. The van der Waals surface area contributed by atoms with Crippen molar-refractivity contribution in [3.05, 3.63) is 89.8 Å². The van der Waals surface area contributed by atoms with E-state index in [2.05, 4.69) is 47.4 Å². The van der Waals surface area contributed by atoms with Gasteiger partial charge < -0.3 is 9.64 Å². The molecule has 0 aliphatic carbocycles. The number of rotatable bonds is 4. The van der Waals surface area contributed by atoms with E-state index in [-0.39, 0.29) is 5.97 Å². The Morgan fingerprint density at radius 2 is 1.58 bits per heavy atom. The van der Waals surface area contributed by atoms with Crippen LogP contribution in [0.25, 0.3) is 10.8 Å². The molecule has 3 aromatic carbocycles. The molecule has 128 valence electrons. The Bertz CT molecular complexity index is 1050. The molecule has 0 N–H and O–H groups in total. The van der Waals surface area contributed by atoms with Gasteiger partial charge in [0.05, 0.1) is 12.8 Å². The number of carbonyl (C=O) groups is 1. The van der Waals surface area contributed by atoms with E-state index in [1.165, 1.54) is 23.8 Å². The van der Waals surface area contributed by atoms with Crippen molar-refractivity contribution in [3.63, 3.8) is 0 Å². The molecule has 0 fully saturated rings. The topological polar surface area (TPSA) is 29.5 Å². The third-order valence-electron chi connectivity index (χ3n) is 4.22. The Hall–Kier alpha value is -3.11. The fourth-order valence-corrected chi connectivity index (χ4v) is 3.98. The van der Waals surface area contributed by atoms with Crippen molar-refractivity contribution < 1.29 is 9.53 Å². The van der Waals surface area contributed by atoms with Gasteiger partial charge in [0.1, 0.15) is 9.88 Å². The van der Waals surface area contributed by atoms with Crippen LogP contribution in [-0.2, 0) is 4.74 Å². The van der Waals surface area contributed by atoms with Gasteiger partial charge in [0, 0.05) is 11.1 Å². The Labute approximate surface area is 156 Å². The molecule has 0 spiro atoms. The summed E-state index contributed by atoms with van der Waals surface area (Å²) in [6, 6.07) is 28.5. The van der Waals surface area contributed by atoms with Crippen molar-refractivity contribution in [1.29, 1.82) is 0 Å². The molecule has 4 rings (SSSR count). The van der Waals surface area contributed by atoms with Crippen molar-refractivity contribution in [1.82, 2.24) is 0 Å². The smallest absolute Gasteiger partial charge is 0.348 e. The lowest BCUT2D eigenvalue weighted by atomic mass is 10.1. The third kappa shape index (κ3) is 2.95. The number of para-hydroxylation sites is 1. The number of methoxy groups -OCH3 is 1. The molecule has 0 aliphatic heterocycles. The van der Waals surface area contributed by atoms with E-state index in [0.717, 1.165) is 21.8 Å². The fourth-order valence-electron chi connectivity index (χ4n) is 3.02. The maximum absolute atomic E-state index is 11.9. The summed E-state index contributed by atoms with van der Waals surface area (Å²) >= 11 is 1.42. The van der Waals surface area contributed by atoms with Gasteiger partial charge in [-0.1, -0.05) is 54.6 Å². The molecule has 0 atom stereocenters. The summed E-state index contributed by atoms with van der Waals surface area (Å²) in [5, 5.41) is 3.30. The number of fused-ring (bicyclic) bond motifs is 1. The summed E-state index contributed by atoms with van der Waals surface area (Å²) < 4.78 is 4.86. The van der Waals surface area contributed by atoms with Crippen LogP contribution >= 0.6 is 11.3 Å². The third-order valence-corrected chi connectivity index (χ3v) is 5.27. The zero-order valence-electron chi connectivity index (χ0n) is 14.3. The summed E-state index contributed by atoms with van der Waals surface area (Å²) in [6.07, 6.45) is 0. The number of ether oxygens (including phenoxy) is 1. The molecule has 0 amide bonds. The standard InChI is InChI=1S/C22H17NO2S/c1-25-22(24)20-14-15-21(26-20)23(17-10-3-2-4-11-17)19-13-7-9-16-8-5-6-12-18(16)19/h2-15H,1H3. The second kappa shape index (κ2) is 7.02. The van der Waals surface area contributed by atoms with E-state index in [1.807, 2.05) is 42.5 Å². The molecule has 0 aliphatic rings. The minimum atomic E-state index is -0.313. The molecule has 0 bridgehead atoms. The fraction of sp³-hybridized carbons (Fsp3) is 0.0455. The molecular weight excluding hydrogens is 342 g/mol. The van der Waals surface area contributed by atoms with E-state index in [4.69, 9.17) is 4.74 Å². The maximum Gasteiger partial charge on any atom is 0.348 e. The summed E-state index contributed by atoms with van der Waals surface area (Å²) in [7, 11) is 1.40. The van der Waals surface area contributed by atoms with E-state index in [1.54, 1.807) is 0 Å². The molecule has 0 unspecified atom stereocenters. The second-order valence-corrected chi connectivity index (χ2v) is 6.86. The number of hydrogen-bond acceptors (Lipinski definition) is 4. The molecule has 0 radical (unpaired) electrons. The first-order valence-electron chi connectivity index (χ1n) is 8.29. The van der Waals surface area contributed by atoms with Crippen molar-refractivity contribution in [2.75, 3.05) is 12.0 Å². The number of hydrogen-bond donors (Lipinski definition) is 0. The highest BCUT2D eigenvalue weighted by Gasteiger charge is 2.18. The van der Waals surface area contributed by atoms with Gasteiger partial charge in [-0.25, -0.2) is 4.79 Å². The first kappa shape index (κ1) is 16.4. The van der Waals surface area contributed by atoms with Crippen molar-refractivity contribution in [2.45, 2.75) is 0 Å². The first-order chi connectivity index (χ1) is 12.8. The highest BCUT2D eigenvalue weighted by atomic mass is 32.1. The highest BCUT2D eigenvalue weighted by molar-refractivity contribution is 7.18. The van der Waals surface area contributed by atoms with Crippen LogP contribution in [0.15, 0.2) is 84.9 Å². The number of anilines is 3. The van der Waals surface area contributed by atoms with Gasteiger partial charge in [0.15, 0.2) is 0 Å². The quantitative estimate of drug-likeness (QED) is 0.409. The normalized spacial score (nSPS) is 10.7. The SMILES string of the molecule is COC(=O)c1ccc(N(c2ccccc2)c2cccc3ccccc23)s1. The van der Waals surface area contributed by atoms with Gasteiger partial charge >= 0.3 is 5.97 Å². The summed E-state index contributed by atoms with van der Waals surface area (Å²) in [4.78, 5) is 14.7. The number of esters is 1. The first-order valence-corrected chi connectivity index (χ1v) is 9.10. The predicted octanol–water partition coefficient (Wildman–Crippen LogP) is 6.16. The summed E-state index contributed by atoms with van der Waals surface area (Å²) in [5.74, 6) is -0.313. The zero-order chi connectivity index (χ0) is 17.9. The predicted molar refractivity (Wildman–Crippen MR) is 108 cm³/mol. The Morgan fingerprint density at radius 1 is 0.846 bits per heavy atom. The van der Waals surface area contributed by atoms with Crippen LogP contribution in [-0.4, -0.2) is 13.1 Å². The van der Waals surface area contributed by atoms with Crippen LogP contribution in [0, 0.1) is 0 Å². The summed E-state index contributed by atoms with van der Waals surface area (Å²) in [6.45, 7) is 0. The van der Waals surface area contributed by atoms with Crippen LogP contribution < -0.4 is 4.90 Å². The molecule has 4 aromatic rings. The van der Waals surface area contributed by atoms with Crippen LogP contribution in [0.2, 0.25) is 0 Å². The van der Waals surface area contributed by atoms with Gasteiger partial charge in [-0.15, -0.1) is 11.3 Å². The minimum absolute atomic E-state index is 0.313. The van der Waals surface area contributed by atoms with Crippen molar-refractivity contribution in [2.24, 2.45) is 0 Å². The van der Waals surface area contributed by atoms with E-state index >= 15 is 0 Å². The molecule has 1 aromatic heterocycles. The van der Waals surface area contributed by atoms with Crippen LogP contribution in [0.4, 0.5) is 16.4 Å². The van der Waals surface area contributed by atoms with Gasteiger partial charge in [0.2, 0.25) is 0 Å². The Balaban J connectivity index is 1.92. The number of nitrogens with zero attached hydrogens (tertiary/aromatic N) is 1. The second-order valence-electron chi connectivity index (χ2n) is 5.80. The van der Waals surface area contributed by atoms with E-state index < -0.39 is 0 Å². The number of thiophene rings is 1. The Morgan fingerprint density at radius 3 is 2.38 bits per heavy atom. The molecule has 1 heterocycles. The van der Waals surface area contributed by atoms with Crippen molar-refractivity contribution in [3.8, 4) is 0 Å². The molecule has 4 heteroatoms. The minimum Gasteiger partial charge on any atom is -0.465 e. The highest BCUT2D eigenvalue weighted by Crippen LogP contribution is 2.41. The lowest BCUT2D eigenvalue weighted by Crippen LogP contribution is -2.08. The molecule has 3 nitrogen and oxygen atoms in total. The zero-order valence-corrected chi connectivity index (χ0v) is 15.1. The number of carbonyl (C=O) groups excluding carboxylic acids is 1. The largest absolute Gasteiger partial charge is 0.465 e. The maximum atomic E-state index is 11.9. The van der Waals surface area contributed by atoms with E-state index in [0.29, 0.717) is 4.88 Å². The average molecular weight is 359 g/mol. The summed E-state index contributed by atoms with van der Waals surface area (Å²) in [5.41, 5.74) is 2.12. The van der Waals surface area contributed by atoms with Gasteiger partial charge in [-0.3, -0.25) is 0 Å². The lowest BCUT2D eigenvalue weighted by molar-refractivity contribution is 0.0606. The van der Waals surface area contributed by atoms with Crippen LogP contribution in [0.3, 0.4) is 0 Å². The molecule has 26 heavy (non-hydrogen) atoms. The van der Waals surface area contributed by atoms with Crippen molar-refractivity contribution >= 4 is 44.5 Å². The van der Waals surface area contributed by atoms with Gasteiger partial charge in [-0.05, 0) is 35.7 Å². The van der Waals surface area contributed by atoms with Crippen LogP contribution in [0.5, 0.6) is 0 Å². The molecule has 0 saturated carbocycles.